The predicted molar refractivity (Wildman–Crippen MR) is 81.9 cm³/mol. The van der Waals surface area contributed by atoms with Crippen LogP contribution < -0.4 is 9.47 Å². The highest BCUT2D eigenvalue weighted by Gasteiger charge is 2.46. The van der Waals surface area contributed by atoms with Crippen LogP contribution in [-0.4, -0.2) is 24.3 Å². The van der Waals surface area contributed by atoms with Crippen molar-refractivity contribution in [3.8, 4) is 11.5 Å². The molecule has 0 unspecified atom stereocenters. The molecule has 1 heterocycles. The molecule has 1 aromatic carbocycles. The zero-order valence-electron chi connectivity index (χ0n) is 12.2. The van der Waals surface area contributed by atoms with E-state index in [1.807, 2.05) is 12.1 Å². The van der Waals surface area contributed by atoms with Crippen LogP contribution >= 0.6 is 15.9 Å². The lowest BCUT2D eigenvalue weighted by Crippen LogP contribution is -2.26. The number of hydrogen-bond acceptors (Lipinski definition) is 3. The van der Waals surface area contributed by atoms with E-state index in [9.17, 15) is 9.90 Å². The zero-order valence-corrected chi connectivity index (χ0v) is 13.8. The second-order valence-electron chi connectivity index (χ2n) is 6.83. The highest BCUT2D eigenvalue weighted by Crippen LogP contribution is 2.49. The highest BCUT2D eigenvalue weighted by molar-refractivity contribution is 9.10. The summed E-state index contributed by atoms with van der Waals surface area (Å²) in [4.78, 5) is 11.3. The van der Waals surface area contributed by atoms with Gasteiger partial charge >= 0.3 is 5.97 Å². The lowest BCUT2D eigenvalue weighted by atomic mass is 9.86. The van der Waals surface area contributed by atoms with E-state index >= 15 is 0 Å². The van der Waals surface area contributed by atoms with Gasteiger partial charge in [0.15, 0.2) is 11.5 Å². The molecule has 21 heavy (non-hydrogen) atoms. The number of benzene rings is 1. The SMILES string of the molecule is CC(C)(Cc1cc2c(cc1Br)OCC1(CC1)CO2)C(=O)O. The van der Waals surface area contributed by atoms with E-state index < -0.39 is 11.4 Å². The van der Waals surface area contributed by atoms with Gasteiger partial charge in [-0.3, -0.25) is 4.79 Å². The molecule has 2 aliphatic rings. The van der Waals surface area contributed by atoms with E-state index in [0.29, 0.717) is 19.6 Å². The van der Waals surface area contributed by atoms with Crippen LogP contribution in [-0.2, 0) is 11.2 Å². The van der Waals surface area contributed by atoms with Crippen molar-refractivity contribution in [3.05, 3.63) is 22.2 Å². The first-order valence-electron chi connectivity index (χ1n) is 7.13. The third-order valence-corrected chi connectivity index (χ3v) is 5.09. The minimum atomic E-state index is -0.819. The van der Waals surface area contributed by atoms with Gasteiger partial charge in [0, 0.05) is 9.89 Å². The Morgan fingerprint density at radius 1 is 1.29 bits per heavy atom. The van der Waals surface area contributed by atoms with E-state index in [1.54, 1.807) is 13.8 Å². The Hall–Kier alpha value is -1.23. The lowest BCUT2D eigenvalue weighted by molar-refractivity contribution is -0.146. The topological polar surface area (TPSA) is 55.8 Å². The van der Waals surface area contributed by atoms with Gasteiger partial charge in [0.25, 0.3) is 0 Å². The first kappa shape index (κ1) is 14.7. The predicted octanol–water partition coefficient (Wildman–Crippen LogP) is 3.65. The fourth-order valence-electron chi connectivity index (χ4n) is 2.46. The number of ether oxygens (including phenoxy) is 2. The van der Waals surface area contributed by atoms with E-state index in [-0.39, 0.29) is 5.41 Å². The number of halogens is 1. The molecule has 1 fully saturated rings. The van der Waals surface area contributed by atoms with Gasteiger partial charge in [0.1, 0.15) is 0 Å². The maximum Gasteiger partial charge on any atom is 0.309 e. The third kappa shape index (κ3) is 2.89. The van der Waals surface area contributed by atoms with Crippen molar-refractivity contribution in [3.63, 3.8) is 0 Å². The molecule has 0 atom stereocenters. The maximum atomic E-state index is 11.3. The number of aliphatic carboxylic acids is 1. The van der Waals surface area contributed by atoms with Gasteiger partial charge in [-0.1, -0.05) is 15.9 Å². The molecule has 1 spiro atoms. The van der Waals surface area contributed by atoms with Crippen molar-refractivity contribution in [2.24, 2.45) is 10.8 Å². The molecule has 0 amide bonds. The second kappa shape index (κ2) is 4.90. The Morgan fingerprint density at radius 3 is 2.38 bits per heavy atom. The smallest absolute Gasteiger partial charge is 0.309 e. The van der Waals surface area contributed by atoms with Crippen LogP contribution in [0.4, 0.5) is 0 Å². The van der Waals surface area contributed by atoms with Gasteiger partial charge in [-0.05, 0) is 50.8 Å². The van der Waals surface area contributed by atoms with Crippen molar-refractivity contribution in [1.82, 2.24) is 0 Å². The van der Waals surface area contributed by atoms with Crippen LogP contribution in [0.5, 0.6) is 11.5 Å². The second-order valence-corrected chi connectivity index (χ2v) is 7.69. The normalized spacial score (nSPS) is 19.2. The number of carboxylic acid groups (broad SMARTS) is 1. The van der Waals surface area contributed by atoms with Gasteiger partial charge in [0.05, 0.1) is 18.6 Å². The summed E-state index contributed by atoms with van der Waals surface area (Å²) in [6.07, 6.45) is 2.74. The largest absolute Gasteiger partial charge is 0.489 e. The van der Waals surface area contributed by atoms with Crippen LogP contribution in [0.15, 0.2) is 16.6 Å². The Labute approximate surface area is 132 Å². The minimum absolute atomic E-state index is 0.200. The lowest BCUT2D eigenvalue weighted by Gasteiger charge is -2.20. The average molecular weight is 355 g/mol. The molecule has 1 saturated carbocycles. The standard InChI is InChI=1S/C16H19BrO4/c1-15(2,14(18)19)7-10-5-12-13(6-11(10)17)21-9-16(3-4-16)8-20-12/h5-6H,3-4,7-9H2,1-2H3,(H,18,19). The summed E-state index contributed by atoms with van der Waals surface area (Å²) in [6, 6.07) is 3.80. The summed E-state index contributed by atoms with van der Waals surface area (Å²) in [6.45, 7) is 4.84. The monoisotopic (exact) mass is 354 g/mol. The number of fused-ring (bicyclic) bond motifs is 1. The van der Waals surface area contributed by atoms with Gasteiger partial charge in [-0.15, -0.1) is 0 Å². The van der Waals surface area contributed by atoms with Crippen molar-refractivity contribution in [2.75, 3.05) is 13.2 Å². The molecule has 1 aliphatic carbocycles. The Bertz CT molecular complexity index is 590. The van der Waals surface area contributed by atoms with Crippen LogP contribution in [0.1, 0.15) is 32.3 Å². The fraction of sp³-hybridized carbons (Fsp3) is 0.562. The molecule has 0 saturated heterocycles. The van der Waals surface area contributed by atoms with Crippen LogP contribution in [0.2, 0.25) is 0 Å². The van der Waals surface area contributed by atoms with Gasteiger partial charge < -0.3 is 14.6 Å². The van der Waals surface area contributed by atoms with Crippen LogP contribution in [0, 0.1) is 10.8 Å². The van der Waals surface area contributed by atoms with Crippen molar-refractivity contribution in [2.45, 2.75) is 33.1 Å². The first-order valence-corrected chi connectivity index (χ1v) is 7.92. The zero-order chi connectivity index (χ0) is 15.3. The summed E-state index contributed by atoms with van der Waals surface area (Å²) >= 11 is 3.52. The van der Waals surface area contributed by atoms with Gasteiger partial charge in [0.2, 0.25) is 0 Å². The van der Waals surface area contributed by atoms with Crippen LogP contribution in [0.3, 0.4) is 0 Å². The Kier molecular flexibility index (Phi) is 3.43. The maximum absolute atomic E-state index is 11.3. The molecule has 114 valence electrons. The summed E-state index contributed by atoms with van der Waals surface area (Å²) in [5.74, 6) is 0.652. The minimum Gasteiger partial charge on any atom is -0.489 e. The number of rotatable bonds is 3. The first-order chi connectivity index (χ1) is 9.81. The summed E-state index contributed by atoms with van der Waals surface area (Å²) < 4.78 is 12.6. The number of carboxylic acids is 1. The average Bonchev–Trinajstić information content (AvgIpc) is 3.19. The molecule has 4 nitrogen and oxygen atoms in total. The molecular formula is C16H19BrO4. The van der Waals surface area contributed by atoms with Crippen molar-refractivity contribution >= 4 is 21.9 Å². The molecular weight excluding hydrogens is 336 g/mol. The molecule has 0 aromatic heterocycles. The van der Waals surface area contributed by atoms with Crippen molar-refractivity contribution in [1.29, 1.82) is 0 Å². The highest BCUT2D eigenvalue weighted by atomic mass is 79.9. The fourth-order valence-corrected chi connectivity index (χ4v) is 2.92. The summed E-state index contributed by atoms with van der Waals surface area (Å²) in [5.41, 5.74) is 0.308. The van der Waals surface area contributed by atoms with Gasteiger partial charge in [-0.25, -0.2) is 0 Å². The molecule has 0 radical (unpaired) electrons. The summed E-state index contributed by atoms with van der Waals surface area (Å²) in [7, 11) is 0. The molecule has 1 aliphatic heterocycles. The number of hydrogen-bond donors (Lipinski definition) is 1. The van der Waals surface area contributed by atoms with E-state index in [1.165, 1.54) is 0 Å². The van der Waals surface area contributed by atoms with E-state index in [0.717, 1.165) is 34.4 Å². The molecule has 5 heteroatoms. The molecule has 3 rings (SSSR count). The molecule has 0 bridgehead atoms. The summed E-state index contributed by atoms with van der Waals surface area (Å²) in [5, 5.41) is 9.28. The Morgan fingerprint density at radius 2 is 1.86 bits per heavy atom. The van der Waals surface area contributed by atoms with E-state index in [2.05, 4.69) is 15.9 Å². The quantitative estimate of drug-likeness (QED) is 0.899. The number of carbonyl (C=O) groups is 1. The molecule has 1 aromatic rings. The Balaban J connectivity index is 1.87. The van der Waals surface area contributed by atoms with Gasteiger partial charge in [-0.2, -0.15) is 0 Å². The van der Waals surface area contributed by atoms with E-state index in [4.69, 9.17) is 9.47 Å². The van der Waals surface area contributed by atoms with Crippen LogP contribution in [0.25, 0.3) is 0 Å². The third-order valence-electron chi connectivity index (χ3n) is 4.35. The van der Waals surface area contributed by atoms with Crippen molar-refractivity contribution < 1.29 is 19.4 Å². The molecule has 1 N–H and O–H groups in total.